The van der Waals surface area contributed by atoms with Gasteiger partial charge in [0.05, 0.1) is 0 Å². The van der Waals surface area contributed by atoms with Gasteiger partial charge in [-0.1, -0.05) is 31.8 Å². The molecule has 0 aliphatic rings. The van der Waals surface area contributed by atoms with E-state index in [9.17, 15) is 0 Å². The van der Waals surface area contributed by atoms with E-state index in [1.165, 1.54) is 19.2 Å². The van der Waals surface area contributed by atoms with Crippen LogP contribution in [-0.4, -0.2) is 7.85 Å². The summed E-state index contributed by atoms with van der Waals surface area (Å²) in [5.41, 5.74) is 1.59. The molecule has 0 radical (unpaired) electrons. The second kappa shape index (κ2) is 4.95. The van der Waals surface area contributed by atoms with E-state index in [0.717, 1.165) is 0 Å². The number of hydrogen-bond acceptors (Lipinski definition) is 0. The van der Waals surface area contributed by atoms with Gasteiger partial charge in [-0.05, 0) is 12.8 Å². The molecular weight excluding hydrogens is 94.9 g/mol. The number of hydrogen-bond donors (Lipinski definition) is 0. The van der Waals surface area contributed by atoms with Crippen molar-refractivity contribution in [1.29, 1.82) is 0 Å². The summed E-state index contributed by atoms with van der Waals surface area (Å²) < 4.78 is 0. The van der Waals surface area contributed by atoms with E-state index in [4.69, 9.17) is 0 Å². The fourth-order valence-electron chi connectivity index (χ4n) is 0.827. The van der Waals surface area contributed by atoms with Gasteiger partial charge in [0.2, 0.25) is 0 Å². The van der Waals surface area contributed by atoms with Crippen LogP contribution < -0.4 is 0 Å². The van der Waals surface area contributed by atoms with Gasteiger partial charge in [-0.15, -0.1) is 0 Å². The van der Waals surface area contributed by atoms with Crippen molar-refractivity contribution in [2.45, 2.75) is 33.0 Å². The van der Waals surface area contributed by atoms with Crippen LogP contribution in [0.4, 0.5) is 0 Å². The third-order valence-electron chi connectivity index (χ3n) is 1.40. The second-order valence-electron chi connectivity index (χ2n) is 1.98. The molecule has 46 valence electrons. The highest BCUT2D eigenvalue weighted by Crippen LogP contribution is 2.04. The van der Waals surface area contributed by atoms with Crippen LogP contribution in [0.1, 0.15) is 26.7 Å². The van der Waals surface area contributed by atoms with Crippen molar-refractivity contribution >= 4 is 7.85 Å². The minimum atomic E-state index is 1.19. The fraction of sp³-hybridized carbons (Fsp3) is 0.714. The van der Waals surface area contributed by atoms with Crippen LogP contribution >= 0.6 is 0 Å². The van der Waals surface area contributed by atoms with Crippen molar-refractivity contribution in [3.05, 3.63) is 11.6 Å². The summed E-state index contributed by atoms with van der Waals surface area (Å²) in [6.07, 6.45) is 5.96. The molecule has 0 amide bonds. The summed E-state index contributed by atoms with van der Waals surface area (Å²) in [5, 5.41) is 0. The Balaban J connectivity index is 3.49. The maximum Gasteiger partial charge on any atom is 0.106 e. The maximum atomic E-state index is 2.32. The summed E-state index contributed by atoms with van der Waals surface area (Å²) >= 11 is 0. The Morgan fingerprint density at radius 2 is 1.88 bits per heavy atom. The molecule has 0 spiro atoms. The summed E-state index contributed by atoms with van der Waals surface area (Å²) in [5.74, 6) is 0. The molecule has 0 saturated carbocycles. The Labute approximate surface area is 53.4 Å². The molecule has 0 N–H and O–H groups in total. The summed E-state index contributed by atoms with van der Waals surface area (Å²) in [6, 6.07) is 0. The monoisotopic (exact) mass is 110 g/mol. The SMILES string of the molecule is BCC=C(CC)CC. The topological polar surface area (TPSA) is 0 Å². The van der Waals surface area contributed by atoms with E-state index >= 15 is 0 Å². The van der Waals surface area contributed by atoms with E-state index < -0.39 is 0 Å². The Kier molecular flexibility index (Phi) is 4.83. The standard InChI is InChI=1S/C7H15B/c1-3-7(4-2)5-6-8/h5H,3-4,6,8H2,1-2H3. The van der Waals surface area contributed by atoms with Crippen molar-refractivity contribution in [2.24, 2.45) is 0 Å². The van der Waals surface area contributed by atoms with E-state index in [1.54, 1.807) is 5.57 Å². The Bertz CT molecular complexity index is 68.5. The van der Waals surface area contributed by atoms with Crippen molar-refractivity contribution in [3.8, 4) is 0 Å². The average Bonchev–Trinajstić information content (AvgIpc) is 1.83. The zero-order chi connectivity index (χ0) is 6.41. The van der Waals surface area contributed by atoms with E-state index in [1.807, 2.05) is 0 Å². The molecule has 0 aliphatic heterocycles. The molecule has 0 aromatic rings. The normalized spacial score (nSPS) is 8.75. The van der Waals surface area contributed by atoms with Gasteiger partial charge in [0.1, 0.15) is 7.85 Å². The molecule has 0 saturated heterocycles. The van der Waals surface area contributed by atoms with Crippen molar-refractivity contribution < 1.29 is 0 Å². The highest BCUT2D eigenvalue weighted by Gasteiger charge is 1.84. The van der Waals surface area contributed by atoms with E-state index in [-0.39, 0.29) is 0 Å². The van der Waals surface area contributed by atoms with Gasteiger partial charge in [-0.25, -0.2) is 0 Å². The molecule has 1 heteroatoms. The molecule has 0 aromatic heterocycles. The third kappa shape index (κ3) is 2.89. The summed E-state index contributed by atoms with van der Waals surface area (Å²) in [7, 11) is 2.19. The predicted molar refractivity (Wildman–Crippen MR) is 42.0 cm³/mol. The quantitative estimate of drug-likeness (QED) is 0.383. The van der Waals surface area contributed by atoms with Crippen LogP contribution in [0.2, 0.25) is 6.32 Å². The lowest BCUT2D eigenvalue weighted by molar-refractivity contribution is 0.972. The van der Waals surface area contributed by atoms with Gasteiger partial charge in [0.15, 0.2) is 0 Å². The van der Waals surface area contributed by atoms with Gasteiger partial charge >= 0.3 is 0 Å². The molecule has 0 aliphatic carbocycles. The minimum Gasteiger partial charge on any atom is -0.0932 e. The van der Waals surface area contributed by atoms with Crippen LogP contribution in [0.25, 0.3) is 0 Å². The van der Waals surface area contributed by atoms with Gasteiger partial charge in [0, 0.05) is 0 Å². The molecule has 8 heavy (non-hydrogen) atoms. The van der Waals surface area contributed by atoms with E-state index in [2.05, 4.69) is 27.8 Å². The lowest BCUT2D eigenvalue weighted by Gasteiger charge is -1.95. The molecule has 0 atom stereocenters. The Hall–Kier alpha value is -0.195. The second-order valence-corrected chi connectivity index (χ2v) is 1.98. The molecule has 0 rings (SSSR count). The largest absolute Gasteiger partial charge is 0.106 e. The minimum absolute atomic E-state index is 1.19. The van der Waals surface area contributed by atoms with Crippen LogP contribution in [0.5, 0.6) is 0 Å². The average molecular weight is 110 g/mol. The lowest BCUT2D eigenvalue weighted by atomic mass is 10.0. The van der Waals surface area contributed by atoms with Gasteiger partial charge in [0.25, 0.3) is 0 Å². The van der Waals surface area contributed by atoms with Crippen LogP contribution in [0.3, 0.4) is 0 Å². The van der Waals surface area contributed by atoms with Gasteiger partial charge in [-0.3, -0.25) is 0 Å². The smallest absolute Gasteiger partial charge is 0.0932 e. The van der Waals surface area contributed by atoms with Gasteiger partial charge in [-0.2, -0.15) is 0 Å². The molecule has 0 heterocycles. The summed E-state index contributed by atoms with van der Waals surface area (Å²) in [6.45, 7) is 4.43. The molecule has 0 aromatic carbocycles. The van der Waals surface area contributed by atoms with Crippen molar-refractivity contribution in [1.82, 2.24) is 0 Å². The predicted octanol–water partition coefficient (Wildman–Crippen LogP) is 1.78. The first kappa shape index (κ1) is 7.80. The van der Waals surface area contributed by atoms with Gasteiger partial charge < -0.3 is 0 Å². The molecule has 0 nitrogen and oxygen atoms in total. The first-order valence-electron chi connectivity index (χ1n) is 3.53. The Morgan fingerprint density at radius 3 is 2.00 bits per heavy atom. The molecule has 0 fully saturated rings. The first-order valence-corrected chi connectivity index (χ1v) is 3.53. The third-order valence-corrected chi connectivity index (χ3v) is 1.40. The molecular formula is C7H15B. The molecule has 0 unspecified atom stereocenters. The zero-order valence-electron chi connectivity index (χ0n) is 6.20. The zero-order valence-corrected chi connectivity index (χ0v) is 6.20. The highest BCUT2D eigenvalue weighted by molar-refractivity contribution is 6.09. The highest BCUT2D eigenvalue weighted by atomic mass is 13.9. The first-order chi connectivity index (χ1) is 3.85. The summed E-state index contributed by atoms with van der Waals surface area (Å²) in [4.78, 5) is 0. The molecule has 0 bridgehead atoms. The number of allylic oxidation sites excluding steroid dienone is 2. The van der Waals surface area contributed by atoms with Crippen molar-refractivity contribution in [3.63, 3.8) is 0 Å². The van der Waals surface area contributed by atoms with Crippen LogP contribution in [0, 0.1) is 0 Å². The van der Waals surface area contributed by atoms with Crippen LogP contribution in [-0.2, 0) is 0 Å². The fourth-order valence-corrected chi connectivity index (χ4v) is 0.827. The van der Waals surface area contributed by atoms with Crippen molar-refractivity contribution in [2.75, 3.05) is 0 Å². The number of rotatable bonds is 3. The van der Waals surface area contributed by atoms with Crippen LogP contribution in [0.15, 0.2) is 11.6 Å². The lowest BCUT2D eigenvalue weighted by Crippen LogP contribution is -1.75. The van der Waals surface area contributed by atoms with E-state index in [0.29, 0.717) is 0 Å². The maximum absolute atomic E-state index is 2.32. The Morgan fingerprint density at radius 1 is 1.38 bits per heavy atom.